The summed E-state index contributed by atoms with van der Waals surface area (Å²) >= 11 is 1.82. The monoisotopic (exact) mass is 439 g/mol. The molecule has 22 heavy (non-hydrogen) atoms. The summed E-state index contributed by atoms with van der Waals surface area (Å²) in [5.41, 5.74) is 0.903. The standard InChI is InChI=1S/C15H25N3O2S.HI/c1-6-20-13-8-7-12(9-14(13)19-4)18-15(16-3)17-10-11(2)21-5;/h7-9,11H,6,10H2,1-5H3,(H2,16,17,18);1H. The Morgan fingerprint density at radius 1 is 1.36 bits per heavy atom. The maximum atomic E-state index is 5.51. The van der Waals surface area contributed by atoms with E-state index in [2.05, 4.69) is 28.8 Å². The first kappa shape index (κ1) is 21.2. The van der Waals surface area contributed by atoms with Crippen molar-refractivity contribution >= 4 is 47.4 Å². The Balaban J connectivity index is 0.00000441. The van der Waals surface area contributed by atoms with Gasteiger partial charge in [-0.3, -0.25) is 4.99 Å². The molecule has 1 aromatic rings. The quantitative estimate of drug-likeness (QED) is 0.387. The molecular weight excluding hydrogens is 413 g/mol. The summed E-state index contributed by atoms with van der Waals surface area (Å²) in [6.07, 6.45) is 2.10. The number of ether oxygens (including phenoxy) is 2. The van der Waals surface area contributed by atoms with Gasteiger partial charge in [0.1, 0.15) is 0 Å². The molecule has 1 atom stereocenters. The van der Waals surface area contributed by atoms with Crippen LogP contribution < -0.4 is 20.1 Å². The summed E-state index contributed by atoms with van der Waals surface area (Å²) in [5.74, 6) is 2.18. The van der Waals surface area contributed by atoms with Gasteiger partial charge in [-0.1, -0.05) is 6.92 Å². The lowest BCUT2D eigenvalue weighted by atomic mass is 10.2. The molecule has 1 unspecified atom stereocenters. The molecule has 0 bridgehead atoms. The molecule has 0 heterocycles. The lowest BCUT2D eigenvalue weighted by molar-refractivity contribution is 0.311. The topological polar surface area (TPSA) is 54.9 Å². The van der Waals surface area contributed by atoms with Crippen molar-refractivity contribution in [3.8, 4) is 11.5 Å². The van der Waals surface area contributed by atoms with Crippen LogP contribution in [0.25, 0.3) is 0 Å². The van der Waals surface area contributed by atoms with Gasteiger partial charge in [-0.15, -0.1) is 24.0 Å². The van der Waals surface area contributed by atoms with Crippen molar-refractivity contribution in [2.24, 2.45) is 4.99 Å². The minimum atomic E-state index is 0. The van der Waals surface area contributed by atoms with Gasteiger partial charge in [-0.05, 0) is 25.3 Å². The highest BCUT2D eigenvalue weighted by Gasteiger charge is 2.07. The van der Waals surface area contributed by atoms with Crippen molar-refractivity contribution in [2.45, 2.75) is 19.1 Å². The van der Waals surface area contributed by atoms with Gasteiger partial charge in [0.15, 0.2) is 17.5 Å². The van der Waals surface area contributed by atoms with E-state index in [0.717, 1.165) is 23.9 Å². The smallest absolute Gasteiger partial charge is 0.195 e. The van der Waals surface area contributed by atoms with Crippen LogP contribution in [0, 0.1) is 0 Å². The van der Waals surface area contributed by atoms with Gasteiger partial charge >= 0.3 is 0 Å². The van der Waals surface area contributed by atoms with Crippen molar-refractivity contribution < 1.29 is 9.47 Å². The van der Waals surface area contributed by atoms with Crippen LogP contribution in [0.2, 0.25) is 0 Å². The van der Waals surface area contributed by atoms with Crippen LogP contribution in [-0.4, -0.2) is 44.8 Å². The molecule has 2 N–H and O–H groups in total. The fourth-order valence-corrected chi connectivity index (χ4v) is 1.91. The van der Waals surface area contributed by atoms with Gasteiger partial charge in [-0.2, -0.15) is 11.8 Å². The van der Waals surface area contributed by atoms with Crippen LogP contribution in [0.4, 0.5) is 5.69 Å². The number of hydrogen-bond donors (Lipinski definition) is 2. The summed E-state index contributed by atoms with van der Waals surface area (Å²) in [7, 11) is 3.39. The highest BCUT2D eigenvalue weighted by atomic mass is 127. The molecule has 0 amide bonds. The van der Waals surface area contributed by atoms with Crippen LogP contribution in [0.15, 0.2) is 23.2 Å². The average molecular weight is 439 g/mol. The van der Waals surface area contributed by atoms with Gasteiger partial charge in [0.05, 0.1) is 13.7 Å². The third-order valence-corrected chi connectivity index (χ3v) is 3.88. The molecule has 1 aromatic carbocycles. The third kappa shape index (κ3) is 6.95. The zero-order chi connectivity index (χ0) is 15.7. The third-order valence-electron chi connectivity index (χ3n) is 2.91. The van der Waals surface area contributed by atoms with Crippen LogP contribution in [0.1, 0.15) is 13.8 Å². The van der Waals surface area contributed by atoms with E-state index < -0.39 is 0 Å². The van der Waals surface area contributed by atoms with Crippen LogP contribution >= 0.6 is 35.7 Å². The molecule has 0 aliphatic heterocycles. The number of halogens is 1. The first-order valence-corrected chi connectivity index (χ1v) is 8.24. The molecule has 1 rings (SSSR count). The molecule has 126 valence electrons. The molecule has 0 saturated carbocycles. The summed E-state index contributed by atoms with van der Waals surface area (Å²) in [4.78, 5) is 4.22. The second-order valence-electron chi connectivity index (χ2n) is 4.42. The van der Waals surface area contributed by atoms with E-state index in [1.54, 1.807) is 14.2 Å². The number of nitrogens with zero attached hydrogens (tertiary/aromatic N) is 1. The first-order chi connectivity index (χ1) is 10.1. The number of guanidine groups is 1. The minimum absolute atomic E-state index is 0. The molecule has 0 fully saturated rings. The lowest BCUT2D eigenvalue weighted by Crippen LogP contribution is -2.34. The van der Waals surface area contributed by atoms with E-state index in [1.807, 2.05) is 36.9 Å². The molecule has 0 saturated heterocycles. The molecule has 0 spiro atoms. The predicted molar refractivity (Wildman–Crippen MR) is 108 cm³/mol. The Hall–Kier alpha value is -0.830. The summed E-state index contributed by atoms with van der Waals surface area (Å²) in [6.45, 7) is 5.59. The van der Waals surface area contributed by atoms with Gasteiger partial charge in [0.2, 0.25) is 0 Å². The first-order valence-electron chi connectivity index (χ1n) is 6.95. The van der Waals surface area contributed by atoms with E-state index in [4.69, 9.17) is 9.47 Å². The maximum Gasteiger partial charge on any atom is 0.195 e. The van der Waals surface area contributed by atoms with Gasteiger partial charge in [-0.25, -0.2) is 0 Å². The van der Waals surface area contributed by atoms with Crippen molar-refractivity contribution in [3.63, 3.8) is 0 Å². The van der Waals surface area contributed by atoms with Gasteiger partial charge in [0, 0.05) is 30.6 Å². The van der Waals surface area contributed by atoms with Crippen LogP contribution in [0.5, 0.6) is 11.5 Å². The van der Waals surface area contributed by atoms with E-state index in [-0.39, 0.29) is 24.0 Å². The fourth-order valence-electron chi connectivity index (χ4n) is 1.66. The van der Waals surface area contributed by atoms with E-state index in [9.17, 15) is 0 Å². The maximum absolute atomic E-state index is 5.51. The number of benzene rings is 1. The van der Waals surface area contributed by atoms with Crippen molar-refractivity contribution in [1.29, 1.82) is 0 Å². The Kier molecular flexibility index (Phi) is 11.3. The van der Waals surface area contributed by atoms with E-state index in [0.29, 0.717) is 17.6 Å². The van der Waals surface area contributed by atoms with Gasteiger partial charge < -0.3 is 20.1 Å². The Morgan fingerprint density at radius 2 is 2.09 bits per heavy atom. The highest BCUT2D eigenvalue weighted by Crippen LogP contribution is 2.30. The van der Waals surface area contributed by atoms with Gasteiger partial charge in [0.25, 0.3) is 0 Å². The molecule has 7 heteroatoms. The molecule has 0 radical (unpaired) electrons. The summed E-state index contributed by atoms with van der Waals surface area (Å²) in [6, 6.07) is 5.73. The summed E-state index contributed by atoms with van der Waals surface area (Å²) < 4.78 is 10.8. The molecule has 0 aromatic heterocycles. The SMILES string of the molecule is CCOc1ccc(NC(=NC)NCC(C)SC)cc1OC.I. The van der Waals surface area contributed by atoms with Crippen LogP contribution in [0.3, 0.4) is 0 Å². The predicted octanol–water partition coefficient (Wildman–Crippen LogP) is 3.45. The van der Waals surface area contributed by atoms with Crippen molar-refractivity contribution in [1.82, 2.24) is 5.32 Å². The molecular formula is C15H26IN3O2S. The number of anilines is 1. The number of hydrogen-bond acceptors (Lipinski definition) is 4. The lowest BCUT2D eigenvalue weighted by Gasteiger charge is -2.16. The molecule has 0 aliphatic carbocycles. The summed E-state index contributed by atoms with van der Waals surface area (Å²) in [5, 5.41) is 7.06. The Bertz CT molecular complexity index is 472. The van der Waals surface area contributed by atoms with Crippen molar-refractivity contribution in [2.75, 3.05) is 38.9 Å². The number of nitrogens with one attached hydrogen (secondary N) is 2. The Morgan fingerprint density at radius 3 is 2.64 bits per heavy atom. The zero-order valence-corrected chi connectivity index (χ0v) is 17.0. The van der Waals surface area contributed by atoms with E-state index in [1.165, 1.54) is 0 Å². The fraction of sp³-hybridized carbons (Fsp3) is 0.533. The zero-order valence-electron chi connectivity index (χ0n) is 13.8. The number of methoxy groups -OCH3 is 1. The second-order valence-corrected chi connectivity index (χ2v) is 5.70. The minimum Gasteiger partial charge on any atom is -0.493 e. The molecule has 5 nitrogen and oxygen atoms in total. The normalized spacial score (nSPS) is 12.1. The average Bonchev–Trinajstić information content (AvgIpc) is 2.52. The molecule has 0 aliphatic rings. The van der Waals surface area contributed by atoms with Crippen LogP contribution in [-0.2, 0) is 0 Å². The largest absolute Gasteiger partial charge is 0.493 e. The Labute approximate surface area is 154 Å². The second kappa shape index (κ2) is 11.7. The van der Waals surface area contributed by atoms with E-state index >= 15 is 0 Å². The number of thioether (sulfide) groups is 1. The number of aliphatic imine (C=N–C) groups is 1. The van der Waals surface area contributed by atoms with Crippen molar-refractivity contribution in [3.05, 3.63) is 18.2 Å². The number of rotatable bonds is 7. The highest BCUT2D eigenvalue weighted by molar-refractivity contribution is 14.0.